The van der Waals surface area contributed by atoms with Gasteiger partial charge in [0.15, 0.2) is 0 Å². The normalized spacial score (nSPS) is 13.7. The van der Waals surface area contributed by atoms with Crippen LogP contribution in [0.5, 0.6) is 0 Å². The van der Waals surface area contributed by atoms with Gasteiger partial charge in [0.05, 0.1) is 4.92 Å². The van der Waals surface area contributed by atoms with Crippen molar-refractivity contribution in [3.63, 3.8) is 0 Å². The van der Waals surface area contributed by atoms with Gasteiger partial charge in [-0.25, -0.2) is 0 Å². The lowest BCUT2D eigenvalue weighted by atomic mass is 10.0. The van der Waals surface area contributed by atoms with E-state index in [-0.39, 0.29) is 17.5 Å². The molecule has 0 spiro atoms. The van der Waals surface area contributed by atoms with E-state index in [2.05, 4.69) is 10.6 Å². The number of fused-ring (bicyclic) bond motifs is 1. The van der Waals surface area contributed by atoms with Gasteiger partial charge in [-0.2, -0.15) is 0 Å². The van der Waals surface area contributed by atoms with Crippen LogP contribution in [0.15, 0.2) is 72.8 Å². The van der Waals surface area contributed by atoms with Crippen molar-refractivity contribution in [1.82, 2.24) is 0 Å². The number of anilines is 2. The lowest BCUT2D eigenvalue weighted by Crippen LogP contribution is -2.11. The highest BCUT2D eigenvalue weighted by molar-refractivity contribution is 6.35. The summed E-state index contributed by atoms with van der Waals surface area (Å²) in [6.07, 6.45) is 1.66. The third-order valence-electron chi connectivity index (χ3n) is 4.51. The van der Waals surface area contributed by atoms with Crippen LogP contribution >= 0.6 is 0 Å². The van der Waals surface area contributed by atoms with Crippen molar-refractivity contribution >= 4 is 40.5 Å². The number of carbonyl (C=O) groups excluding carboxylic acids is 2. The van der Waals surface area contributed by atoms with Crippen LogP contribution in [0, 0.1) is 10.1 Å². The van der Waals surface area contributed by atoms with E-state index in [0.29, 0.717) is 33.6 Å². The molecular formula is C22H15N3O4. The molecule has 0 saturated heterocycles. The molecule has 3 aromatic carbocycles. The van der Waals surface area contributed by atoms with Gasteiger partial charge in [-0.3, -0.25) is 19.7 Å². The Balaban J connectivity index is 1.63. The predicted molar refractivity (Wildman–Crippen MR) is 110 cm³/mol. The van der Waals surface area contributed by atoms with Gasteiger partial charge in [0.25, 0.3) is 17.5 Å². The monoisotopic (exact) mass is 385 g/mol. The summed E-state index contributed by atoms with van der Waals surface area (Å²) < 4.78 is 0. The summed E-state index contributed by atoms with van der Waals surface area (Å²) in [5.74, 6) is -0.520. The molecule has 142 valence electrons. The van der Waals surface area contributed by atoms with Crippen molar-refractivity contribution in [2.75, 3.05) is 10.6 Å². The molecule has 7 nitrogen and oxygen atoms in total. The summed E-state index contributed by atoms with van der Waals surface area (Å²) in [5.41, 5.74) is 3.44. The third-order valence-corrected chi connectivity index (χ3v) is 4.51. The minimum atomic E-state index is -0.476. The molecule has 1 aliphatic heterocycles. The topological polar surface area (TPSA) is 101 Å². The van der Waals surface area contributed by atoms with Crippen molar-refractivity contribution in [2.45, 2.75) is 0 Å². The van der Waals surface area contributed by atoms with E-state index in [1.54, 1.807) is 60.7 Å². The van der Waals surface area contributed by atoms with Gasteiger partial charge in [0.1, 0.15) is 0 Å². The van der Waals surface area contributed by atoms with Gasteiger partial charge in [-0.1, -0.05) is 18.2 Å². The second-order valence-electron chi connectivity index (χ2n) is 6.44. The minimum Gasteiger partial charge on any atom is -0.322 e. The number of rotatable bonds is 4. The van der Waals surface area contributed by atoms with Crippen LogP contribution in [0.1, 0.15) is 21.5 Å². The number of amides is 2. The van der Waals surface area contributed by atoms with Crippen molar-refractivity contribution in [3.8, 4) is 0 Å². The predicted octanol–water partition coefficient (Wildman–Crippen LogP) is 4.34. The van der Waals surface area contributed by atoms with Crippen LogP contribution in [-0.4, -0.2) is 16.7 Å². The van der Waals surface area contributed by atoms with Crippen LogP contribution < -0.4 is 10.6 Å². The number of nitrogens with one attached hydrogen (secondary N) is 2. The summed E-state index contributed by atoms with van der Waals surface area (Å²) in [4.78, 5) is 35.1. The summed E-state index contributed by atoms with van der Waals surface area (Å²) in [7, 11) is 0. The van der Waals surface area contributed by atoms with E-state index in [1.165, 1.54) is 12.1 Å². The first-order valence-electron chi connectivity index (χ1n) is 8.79. The summed E-state index contributed by atoms with van der Waals surface area (Å²) in [6.45, 7) is 0. The molecule has 0 bridgehead atoms. The van der Waals surface area contributed by atoms with Crippen LogP contribution in [0.3, 0.4) is 0 Å². The smallest absolute Gasteiger partial charge is 0.269 e. The standard InChI is InChI=1S/C22H15N3O4/c26-21(15-4-2-1-3-5-15)23-16-8-11-20-18(13-16)19(22(27)24-20)12-14-6-9-17(10-7-14)25(28)29/h1-13H,(H,23,26)(H,24,27). The summed E-state index contributed by atoms with van der Waals surface area (Å²) in [5, 5.41) is 16.4. The lowest BCUT2D eigenvalue weighted by Gasteiger charge is -2.07. The van der Waals surface area contributed by atoms with Crippen molar-refractivity contribution < 1.29 is 14.5 Å². The molecule has 2 amide bonds. The molecule has 3 aromatic rings. The van der Waals surface area contributed by atoms with Crippen LogP contribution in [0.2, 0.25) is 0 Å². The molecule has 1 heterocycles. The molecule has 29 heavy (non-hydrogen) atoms. The zero-order chi connectivity index (χ0) is 20.4. The average molecular weight is 385 g/mol. The van der Waals surface area contributed by atoms with Gasteiger partial charge in [0, 0.05) is 40.2 Å². The molecule has 0 fully saturated rings. The molecular weight excluding hydrogens is 370 g/mol. The fourth-order valence-electron chi connectivity index (χ4n) is 3.06. The molecule has 0 aromatic heterocycles. The lowest BCUT2D eigenvalue weighted by molar-refractivity contribution is -0.384. The first-order chi connectivity index (χ1) is 14.0. The molecule has 2 N–H and O–H groups in total. The zero-order valence-corrected chi connectivity index (χ0v) is 15.1. The van der Waals surface area contributed by atoms with E-state index in [0.717, 1.165) is 0 Å². The minimum absolute atomic E-state index is 0.0191. The number of hydrogen-bond donors (Lipinski definition) is 2. The summed E-state index contributed by atoms with van der Waals surface area (Å²) >= 11 is 0. The molecule has 0 atom stereocenters. The molecule has 4 rings (SSSR count). The Morgan fingerprint density at radius 1 is 1.00 bits per heavy atom. The van der Waals surface area contributed by atoms with Crippen LogP contribution in [0.4, 0.5) is 17.1 Å². The molecule has 0 radical (unpaired) electrons. The van der Waals surface area contributed by atoms with Crippen molar-refractivity contribution in [2.24, 2.45) is 0 Å². The van der Waals surface area contributed by atoms with Gasteiger partial charge in [-0.15, -0.1) is 0 Å². The highest BCUT2D eigenvalue weighted by atomic mass is 16.6. The first-order valence-corrected chi connectivity index (χ1v) is 8.79. The van der Waals surface area contributed by atoms with Crippen LogP contribution in [0.25, 0.3) is 11.6 Å². The van der Waals surface area contributed by atoms with E-state index in [4.69, 9.17) is 0 Å². The summed E-state index contributed by atoms with van der Waals surface area (Å²) in [6, 6.07) is 19.9. The number of nitro groups is 1. The Hall–Kier alpha value is -4.26. The largest absolute Gasteiger partial charge is 0.322 e. The van der Waals surface area contributed by atoms with E-state index in [1.807, 2.05) is 6.07 Å². The molecule has 0 unspecified atom stereocenters. The van der Waals surface area contributed by atoms with Gasteiger partial charge in [-0.05, 0) is 54.1 Å². The molecule has 1 aliphatic rings. The Labute approximate surface area is 165 Å². The van der Waals surface area contributed by atoms with E-state index in [9.17, 15) is 19.7 Å². The molecule has 0 aliphatic carbocycles. The molecule has 0 saturated carbocycles. The van der Waals surface area contributed by atoms with Crippen LogP contribution in [-0.2, 0) is 4.79 Å². The quantitative estimate of drug-likeness (QED) is 0.396. The maximum Gasteiger partial charge on any atom is 0.269 e. The number of hydrogen-bond acceptors (Lipinski definition) is 4. The van der Waals surface area contributed by atoms with Gasteiger partial charge in [0.2, 0.25) is 0 Å². The number of nitro benzene ring substituents is 1. The number of carbonyl (C=O) groups is 2. The second-order valence-corrected chi connectivity index (χ2v) is 6.44. The van der Waals surface area contributed by atoms with E-state index < -0.39 is 4.92 Å². The third kappa shape index (κ3) is 3.74. The second kappa shape index (κ2) is 7.40. The Morgan fingerprint density at radius 2 is 1.72 bits per heavy atom. The number of non-ortho nitro benzene ring substituents is 1. The fraction of sp³-hybridized carbons (Fsp3) is 0. The average Bonchev–Trinajstić information content (AvgIpc) is 3.04. The van der Waals surface area contributed by atoms with Crippen molar-refractivity contribution in [3.05, 3.63) is 99.6 Å². The SMILES string of the molecule is O=C1Nc2ccc(NC(=O)c3ccccc3)cc2C1=Cc1ccc([N+](=O)[O-])cc1. The maximum atomic E-state index is 12.4. The van der Waals surface area contributed by atoms with Crippen molar-refractivity contribution in [1.29, 1.82) is 0 Å². The zero-order valence-electron chi connectivity index (χ0n) is 15.1. The van der Waals surface area contributed by atoms with Gasteiger partial charge < -0.3 is 10.6 Å². The highest BCUT2D eigenvalue weighted by Crippen LogP contribution is 2.35. The van der Waals surface area contributed by atoms with E-state index >= 15 is 0 Å². The number of benzene rings is 3. The Bertz CT molecular complexity index is 1150. The first kappa shape index (κ1) is 18.1. The Morgan fingerprint density at radius 3 is 2.41 bits per heavy atom. The van der Waals surface area contributed by atoms with Gasteiger partial charge >= 0.3 is 0 Å². The highest BCUT2D eigenvalue weighted by Gasteiger charge is 2.24. The Kier molecular flexibility index (Phi) is 4.62. The molecule has 7 heteroatoms. The number of nitrogens with zero attached hydrogens (tertiary/aromatic N) is 1. The fourth-order valence-corrected chi connectivity index (χ4v) is 3.06. The maximum absolute atomic E-state index is 12.4.